The molecule has 23 heavy (non-hydrogen) atoms. The Hall–Kier alpha value is -2.07. The highest BCUT2D eigenvalue weighted by Gasteiger charge is 2.46. The zero-order chi connectivity index (χ0) is 17.1. The first-order valence-corrected chi connectivity index (χ1v) is 7.52. The quantitative estimate of drug-likeness (QED) is 0.360. The molecule has 3 N–H and O–H groups in total. The number of fused-ring (bicyclic) bond motifs is 2. The van der Waals surface area contributed by atoms with Gasteiger partial charge in [-0.15, -0.1) is 0 Å². The molecule has 2 rings (SSSR count). The Bertz CT molecular complexity index is 485. The summed E-state index contributed by atoms with van der Waals surface area (Å²) in [6, 6.07) is -1.72. The Morgan fingerprint density at radius 1 is 1.43 bits per heavy atom. The molecule has 0 aromatic carbocycles. The Morgan fingerprint density at radius 3 is 2.74 bits per heavy atom. The summed E-state index contributed by atoms with van der Waals surface area (Å²) in [6.45, 7) is 3.92. The lowest BCUT2D eigenvalue weighted by atomic mass is 10.0. The Morgan fingerprint density at radius 2 is 2.13 bits per heavy atom. The highest BCUT2D eigenvalue weighted by Crippen LogP contribution is 2.28. The van der Waals surface area contributed by atoms with Crippen molar-refractivity contribution in [3.63, 3.8) is 0 Å². The number of carbonyl (C=O) groups excluding carboxylic acids is 2. The average molecular weight is 330 g/mol. The maximum absolute atomic E-state index is 12.1. The van der Waals surface area contributed by atoms with E-state index in [1.807, 2.05) is 0 Å². The standard InChI is InChI=1S/C13H22N4O6/c1-8(2)15(13(20)21)5-6-23-14-11(18)10-4-3-9-7-16(10)12(19)17(9)22/h8-10,22H,3-7H2,1-2H3,(H,14,18)(H,20,21)/t9-,10+/m1/s1. The van der Waals surface area contributed by atoms with E-state index in [-0.39, 0.29) is 25.2 Å². The molecule has 0 radical (unpaired) electrons. The predicted octanol–water partition coefficient (Wildman–Crippen LogP) is 0.0804. The van der Waals surface area contributed by atoms with Gasteiger partial charge in [0.1, 0.15) is 6.04 Å². The number of carboxylic acid groups (broad SMARTS) is 1. The van der Waals surface area contributed by atoms with Gasteiger partial charge in [0.2, 0.25) is 0 Å². The van der Waals surface area contributed by atoms with Crippen molar-refractivity contribution in [2.24, 2.45) is 0 Å². The predicted molar refractivity (Wildman–Crippen MR) is 76.5 cm³/mol. The SMILES string of the molecule is CC(C)N(CCONC(=O)[C@@H]1CC[C@@H]2CN1C(=O)N2O)C(=O)O. The van der Waals surface area contributed by atoms with Crippen LogP contribution in [0.15, 0.2) is 0 Å². The molecule has 2 heterocycles. The number of hydrogen-bond donors (Lipinski definition) is 3. The number of urea groups is 1. The molecule has 2 atom stereocenters. The van der Waals surface area contributed by atoms with Gasteiger partial charge in [-0.1, -0.05) is 0 Å². The van der Waals surface area contributed by atoms with E-state index in [9.17, 15) is 19.6 Å². The molecule has 0 aromatic heterocycles. The second-order valence-corrected chi connectivity index (χ2v) is 5.91. The molecule has 0 aliphatic carbocycles. The smallest absolute Gasteiger partial charge is 0.407 e. The summed E-state index contributed by atoms with van der Waals surface area (Å²) in [5, 5.41) is 19.2. The third kappa shape index (κ3) is 3.64. The van der Waals surface area contributed by atoms with Crippen LogP contribution in [0.4, 0.5) is 9.59 Å². The lowest BCUT2D eigenvalue weighted by Crippen LogP contribution is -2.50. The van der Waals surface area contributed by atoms with Gasteiger partial charge in [0, 0.05) is 12.6 Å². The van der Waals surface area contributed by atoms with Gasteiger partial charge < -0.3 is 14.9 Å². The summed E-state index contributed by atoms with van der Waals surface area (Å²) in [4.78, 5) is 42.4. The number of hydroxylamine groups is 3. The van der Waals surface area contributed by atoms with Crippen molar-refractivity contribution in [2.75, 3.05) is 19.7 Å². The third-order valence-corrected chi connectivity index (χ3v) is 4.12. The van der Waals surface area contributed by atoms with E-state index >= 15 is 0 Å². The Balaban J connectivity index is 1.77. The van der Waals surface area contributed by atoms with E-state index in [2.05, 4.69) is 5.48 Å². The molecular formula is C13H22N4O6. The first-order valence-electron chi connectivity index (χ1n) is 7.52. The van der Waals surface area contributed by atoms with Crippen LogP contribution in [0.25, 0.3) is 0 Å². The van der Waals surface area contributed by atoms with Gasteiger partial charge in [-0.05, 0) is 26.7 Å². The summed E-state index contributed by atoms with van der Waals surface area (Å²) in [5.74, 6) is -0.474. The van der Waals surface area contributed by atoms with E-state index < -0.39 is 24.1 Å². The van der Waals surface area contributed by atoms with E-state index in [1.54, 1.807) is 13.8 Å². The zero-order valence-electron chi connectivity index (χ0n) is 13.1. The fourth-order valence-electron chi connectivity index (χ4n) is 2.83. The van der Waals surface area contributed by atoms with E-state index in [0.717, 1.165) is 0 Å². The lowest BCUT2D eigenvalue weighted by molar-refractivity contribution is -0.139. The molecular weight excluding hydrogens is 308 g/mol. The van der Waals surface area contributed by atoms with Crippen LogP contribution in [0, 0.1) is 0 Å². The van der Waals surface area contributed by atoms with Crippen LogP contribution in [0.5, 0.6) is 0 Å². The van der Waals surface area contributed by atoms with Crippen LogP contribution in [0.1, 0.15) is 26.7 Å². The van der Waals surface area contributed by atoms with Crippen molar-refractivity contribution in [1.82, 2.24) is 20.3 Å². The topological polar surface area (TPSA) is 123 Å². The van der Waals surface area contributed by atoms with Crippen LogP contribution >= 0.6 is 0 Å². The van der Waals surface area contributed by atoms with E-state index in [4.69, 9.17) is 9.94 Å². The van der Waals surface area contributed by atoms with Crippen molar-refractivity contribution >= 4 is 18.0 Å². The summed E-state index contributed by atoms with van der Waals surface area (Å²) < 4.78 is 0. The molecule has 2 saturated heterocycles. The second-order valence-electron chi connectivity index (χ2n) is 5.91. The van der Waals surface area contributed by atoms with E-state index in [1.165, 1.54) is 9.80 Å². The van der Waals surface area contributed by atoms with Crippen molar-refractivity contribution in [3.05, 3.63) is 0 Å². The summed E-state index contributed by atoms with van der Waals surface area (Å²) >= 11 is 0. The fourth-order valence-corrected chi connectivity index (χ4v) is 2.83. The molecule has 10 nitrogen and oxygen atoms in total. The largest absolute Gasteiger partial charge is 0.465 e. The number of amides is 4. The first-order chi connectivity index (χ1) is 10.8. The van der Waals surface area contributed by atoms with Gasteiger partial charge in [-0.2, -0.15) is 0 Å². The summed E-state index contributed by atoms with van der Waals surface area (Å²) in [6.07, 6.45) is -0.0775. The number of carbonyl (C=O) groups is 3. The van der Waals surface area contributed by atoms with Crippen LogP contribution in [-0.4, -0.2) is 81.0 Å². The van der Waals surface area contributed by atoms with Crippen LogP contribution in [0.3, 0.4) is 0 Å². The van der Waals surface area contributed by atoms with E-state index in [0.29, 0.717) is 24.4 Å². The highest BCUT2D eigenvalue weighted by atomic mass is 16.7. The van der Waals surface area contributed by atoms with Crippen LogP contribution < -0.4 is 5.48 Å². The van der Waals surface area contributed by atoms with Crippen molar-refractivity contribution in [1.29, 1.82) is 0 Å². The highest BCUT2D eigenvalue weighted by molar-refractivity contribution is 5.87. The molecule has 2 fully saturated rings. The van der Waals surface area contributed by atoms with Crippen molar-refractivity contribution < 1.29 is 29.5 Å². The molecule has 2 aliphatic rings. The van der Waals surface area contributed by atoms with Gasteiger partial charge in [0.15, 0.2) is 0 Å². The summed E-state index contributed by atoms with van der Waals surface area (Å²) in [5.41, 5.74) is 2.25. The molecule has 0 unspecified atom stereocenters. The van der Waals surface area contributed by atoms with Gasteiger partial charge >= 0.3 is 12.1 Å². The molecule has 0 aromatic rings. The molecule has 0 spiro atoms. The third-order valence-electron chi connectivity index (χ3n) is 4.12. The van der Waals surface area contributed by atoms with Crippen molar-refractivity contribution in [2.45, 2.75) is 44.8 Å². The normalized spacial score (nSPS) is 23.4. The number of rotatable bonds is 6. The maximum atomic E-state index is 12.1. The minimum absolute atomic E-state index is 0.00559. The minimum atomic E-state index is -1.06. The molecule has 0 saturated carbocycles. The Labute approximate surface area is 133 Å². The molecule has 130 valence electrons. The summed E-state index contributed by atoms with van der Waals surface area (Å²) in [7, 11) is 0. The molecule has 4 amide bonds. The number of nitrogens with zero attached hydrogens (tertiary/aromatic N) is 3. The van der Waals surface area contributed by atoms with Crippen LogP contribution in [0.2, 0.25) is 0 Å². The van der Waals surface area contributed by atoms with Crippen LogP contribution in [-0.2, 0) is 9.63 Å². The Kier molecular flexibility index (Phi) is 5.26. The zero-order valence-corrected chi connectivity index (χ0v) is 13.1. The number of hydrogen-bond acceptors (Lipinski definition) is 5. The average Bonchev–Trinajstić information content (AvgIpc) is 2.71. The molecule has 2 bridgehead atoms. The fraction of sp³-hybridized carbons (Fsp3) is 0.769. The lowest BCUT2D eigenvalue weighted by Gasteiger charge is -2.29. The number of nitrogens with one attached hydrogen (secondary N) is 1. The molecule has 2 aliphatic heterocycles. The van der Waals surface area contributed by atoms with Gasteiger partial charge in [0.25, 0.3) is 5.91 Å². The van der Waals surface area contributed by atoms with Gasteiger partial charge in [-0.25, -0.2) is 20.1 Å². The van der Waals surface area contributed by atoms with Gasteiger partial charge in [-0.3, -0.25) is 14.8 Å². The molecule has 10 heteroatoms. The second kappa shape index (κ2) is 7.01. The first kappa shape index (κ1) is 17.3. The maximum Gasteiger partial charge on any atom is 0.407 e. The van der Waals surface area contributed by atoms with Crippen molar-refractivity contribution in [3.8, 4) is 0 Å². The number of piperidine rings is 1. The minimum Gasteiger partial charge on any atom is -0.465 e. The monoisotopic (exact) mass is 330 g/mol. The van der Waals surface area contributed by atoms with Gasteiger partial charge in [0.05, 0.1) is 19.2 Å².